The molecule has 0 spiro atoms. The molecule has 0 amide bonds. The standard InChI is InChI=1S/C13H26N2/c1-4-5-7-12(2)14-10-13-8-6-9-15(3)11-13/h4,12-14H,1,5-11H2,2-3H3/t12-,13-/m1/s1. The van der Waals surface area contributed by atoms with Crippen molar-refractivity contribution in [3.63, 3.8) is 0 Å². The highest BCUT2D eigenvalue weighted by Gasteiger charge is 2.17. The van der Waals surface area contributed by atoms with Crippen LogP contribution in [0.15, 0.2) is 12.7 Å². The number of likely N-dealkylation sites (tertiary alicyclic amines) is 1. The van der Waals surface area contributed by atoms with Gasteiger partial charge in [-0.1, -0.05) is 6.08 Å². The van der Waals surface area contributed by atoms with E-state index < -0.39 is 0 Å². The summed E-state index contributed by atoms with van der Waals surface area (Å²) >= 11 is 0. The lowest BCUT2D eigenvalue weighted by Crippen LogP contribution is -2.39. The van der Waals surface area contributed by atoms with Gasteiger partial charge in [-0.25, -0.2) is 0 Å². The van der Waals surface area contributed by atoms with E-state index in [1.54, 1.807) is 0 Å². The molecule has 0 saturated carbocycles. The highest BCUT2D eigenvalue weighted by atomic mass is 15.1. The zero-order chi connectivity index (χ0) is 11.1. The second kappa shape index (κ2) is 7.02. The highest BCUT2D eigenvalue weighted by Crippen LogP contribution is 2.14. The maximum Gasteiger partial charge on any atom is 0.00417 e. The van der Waals surface area contributed by atoms with Crippen molar-refractivity contribution in [2.45, 2.75) is 38.6 Å². The summed E-state index contributed by atoms with van der Waals surface area (Å²) in [4.78, 5) is 2.45. The number of piperidine rings is 1. The summed E-state index contributed by atoms with van der Waals surface area (Å²) in [6.07, 6.45) is 7.10. The van der Waals surface area contributed by atoms with Gasteiger partial charge in [0, 0.05) is 12.6 Å². The lowest BCUT2D eigenvalue weighted by Gasteiger charge is -2.30. The van der Waals surface area contributed by atoms with Crippen molar-refractivity contribution in [3.8, 4) is 0 Å². The van der Waals surface area contributed by atoms with Crippen LogP contribution >= 0.6 is 0 Å². The van der Waals surface area contributed by atoms with Crippen LogP contribution in [0.5, 0.6) is 0 Å². The van der Waals surface area contributed by atoms with E-state index in [9.17, 15) is 0 Å². The Bertz CT molecular complexity index is 179. The molecule has 1 aliphatic heterocycles. The molecule has 1 heterocycles. The van der Waals surface area contributed by atoms with E-state index in [0.717, 1.165) is 12.3 Å². The smallest absolute Gasteiger partial charge is 0.00417 e. The lowest BCUT2D eigenvalue weighted by molar-refractivity contribution is 0.203. The van der Waals surface area contributed by atoms with Crippen molar-refractivity contribution < 1.29 is 0 Å². The summed E-state index contributed by atoms with van der Waals surface area (Å²) in [5, 5.41) is 3.63. The Morgan fingerprint density at radius 1 is 1.60 bits per heavy atom. The summed E-state index contributed by atoms with van der Waals surface area (Å²) in [5.41, 5.74) is 0. The van der Waals surface area contributed by atoms with Crippen molar-refractivity contribution in [1.29, 1.82) is 0 Å². The molecule has 88 valence electrons. The molecule has 1 aliphatic rings. The van der Waals surface area contributed by atoms with Crippen LogP contribution in [0.2, 0.25) is 0 Å². The maximum absolute atomic E-state index is 3.76. The molecule has 2 heteroatoms. The van der Waals surface area contributed by atoms with Crippen LogP contribution in [0.25, 0.3) is 0 Å². The molecule has 1 N–H and O–H groups in total. The van der Waals surface area contributed by atoms with Crippen molar-refractivity contribution in [2.24, 2.45) is 5.92 Å². The Morgan fingerprint density at radius 3 is 3.07 bits per heavy atom. The van der Waals surface area contributed by atoms with Crippen LogP contribution in [0, 0.1) is 5.92 Å². The third-order valence-corrected chi connectivity index (χ3v) is 3.28. The lowest BCUT2D eigenvalue weighted by atomic mass is 9.98. The van der Waals surface area contributed by atoms with E-state index in [-0.39, 0.29) is 0 Å². The molecule has 0 aliphatic carbocycles. The van der Waals surface area contributed by atoms with Gasteiger partial charge in [0.2, 0.25) is 0 Å². The normalized spacial score (nSPS) is 25.1. The molecule has 0 aromatic carbocycles. The average Bonchev–Trinajstić information content (AvgIpc) is 2.23. The molecule has 15 heavy (non-hydrogen) atoms. The molecular weight excluding hydrogens is 184 g/mol. The van der Waals surface area contributed by atoms with E-state index in [1.165, 1.54) is 38.9 Å². The summed E-state index contributed by atoms with van der Waals surface area (Å²) in [6.45, 7) is 9.76. The third kappa shape index (κ3) is 5.33. The molecule has 0 aromatic heterocycles. The predicted octanol–water partition coefficient (Wildman–Crippen LogP) is 2.27. The van der Waals surface area contributed by atoms with Gasteiger partial charge in [-0.15, -0.1) is 6.58 Å². The van der Waals surface area contributed by atoms with Gasteiger partial charge in [-0.05, 0) is 58.7 Å². The molecule has 0 aromatic rings. The minimum absolute atomic E-state index is 0.634. The fourth-order valence-corrected chi connectivity index (χ4v) is 2.28. The molecular formula is C13H26N2. The topological polar surface area (TPSA) is 15.3 Å². The molecule has 1 rings (SSSR count). The molecule has 0 radical (unpaired) electrons. The van der Waals surface area contributed by atoms with Crippen LogP contribution in [0.3, 0.4) is 0 Å². The van der Waals surface area contributed by atoms with Gasteiger partial charge in [0.25, 0.3) is 0 Å². The van der Waals surface area contributed by atoms with Crippen LogP contribution in [-0.4, -0.2) is 37.6 Å². The minimum Gasteiger partial charge on any atom is -0.314 e. The van der Waals surface area contributed by atoms with Gasteiger partial charge in [0.15, 0.2) is 0 Å². The van der Waals surface area contributed by atoms with Crippen LogP contribution in [-0.2, 0) is 0 Å². The van der Waals surface area contributed by atoms with Crippen LogP contribution in [0.1, 0.15) is 32.6 Å². The van der Waals surface area contributed by atoms with Crippen molar-refractivity contribution in [1.82, 2.24) is 10.2 Å². The molecule has 2 nitrogen and oxygen atoms in total. The Kier molecular flexibility index (Phi) is 5.96. The van der Waals surface area contributed by atoms with Gasteiger partial charge in [-0.2, -0.15) is 0 Å². The minimum atomic E-state index is 0.634. The molecule has 1 saturated heterocycles. The Balaban J connectivity index is 2.10. The van der Waals surface area contributed by atoms with Gasteiger partial charge in [0.05, 0.1) is 0 Å². The van der Waals surface area contributed by atoms with E-state index >= 15 is 0 Å². The summed E-state index contributed by atoms with van der Waals surface area (Å²) in [5.74, 6) is 0.856. The largest absolute Gasteiger partial charge is 0.314 e. The first-order valence-electron chi connectivity index (χ1n) is 6.25. The Hall–Kier alpha value is -0.340. The summed E-state index contributed by atoms with van der Waals surface area (Å²) in [6, 6.07) is 0.634. The highest BCUT2D eigenvalue weighted by molar-refractivity contribution is 4.75. The number of nitrogens with zero attached hydrogens (tertiary/aromatic N) is 1. The SMILES string of the molecule is C=CCC[C@@H](C)NC[C@H]1CCCN(C)C1. The molecule has 2 atom stereocenters. The number of nitrogens with one attached hydrogen (secondary N) is 1. The van der Waals surface area contributed by atoms with Gasteiger partial charge >= 0.3 is 0 Å². The second-order valence-corrected chi connectivity index (χ2v) is 4.95. The zero-order valence-electron chi connectivity index (χ0n) is 10.3. The molecule has 0 bridgehead atoms. The number of hydrogen-bond donors (Lipinski definition) is 1. The fraction of sp³-hybridized carbons (Fsp3) is 0.846. The van der Waals surface area contributed by atoms with E-state index in [4.69, 9.17) is 0 Å². The second-order valence-electron chi connectivity index (χ2n) is 4.95. The summed E-state index contributed by atoms with van der Waals surface area (Å²) < 4.78 is 0. The Morgan fingerprint density at radius 2 is 2.40 bits per heavy atom. The number of rotatable bonds is 6. The molecule has 1 fully saturated rings. The quantitative estimate of drug-likeness (QED) is 0.677. The average molecular weight is 210 g/mol. The molecule has 0 unspecified atom stereocenters. The van der Waals surface area contributed by atoms with E-state index in [2.05, 4.69) is 30.8 Å². The van der Waals surface area contributed by atoms with Crippen LogP contribution in [0.4, 0.5) is 0 Å². The zero-order valence-corrected chi connectivity index (χ0v) is 10.3. The number of allylic oxidation sites excluding steroid dienone is 1. The van der Waals surface area contributed by atoms with E-state index in [0.29, 0.717) is 6.04 Å². The van der Waals surface area contributed by atoms with Crippen molar-refractivity contribution >= 4 is 0 Å². The van der Waals surface area contributed by atoms with Gasteiger partial charge in [0.1, 0.15) is 0 Å². The first-order chi connectivity index (χ1) is 7.22. The monoisotopic (exact) mass is 210 g/mol. The number of hydrogen-bond acceptors (Lipinski definition) is 2. The third-order valence-electron chi connectivity index (χ3n) is 3.28. The summed E-state index contributed by atoms with van der Waals surface area (Å²) in [7, 11) is 2.23. The van der Waals surface area contributed by atoms with E-state index in [1.807, 2.05) is 6.08 Å². The van der Waals surface area contributed by atoms with Gasteiger partial charge in [-0.3, -0.25) is 0 Å². The predicted molar refractivity (Wildman–Crippen MR) is 67.1 cm³/mol. The van der Waals surface area contributed by atoms with Gasteiger partial charge < -0.3 is 10.2 Å². The first-order valence-corrected chi connectivity index (χ1v) is 6.25. The van der Waals surface area contributed by atoms with Crippen molar-refractivity contribution in [3.05, 3.63) is 12.7 Å². The van der Waals surface area contributed by atoms with Crippen LogP contribution < -0.4 is 5.32 Å². The maximum atomic E-state index is 3.76. The Labute approximate surface area is 94.7 Å². The van der Waals surface area contributed by atoms with Crippen molar-refractivity contribution in [2.75, 3.05) is 26.7 Å². The first kappa shape index (κ1) is 12.7. The fourth-order valence-electron chi connectivity index (χ4n) is 2.28.